The van der Waals surface area contributed by atoms with Crippen LogP contribution in [0.15, 0.2) is 18.2 Å². The Bertz CT molecular complexity index is 426. The Kier molecular flexibility index (Phi) is 2.92. The molecule has 2 bridgehead atoms. The molecule has 2 fully saturated rings. The Hall–Kier alpha value is -1.25. The number of benzene rings is 1. The van der Waals surface area contributed by atoms with Crippen LogP contribution in [-0.4, -0.2) is 13.6 Å². The van der Waals surface area contributed by atoms with Crippen molar-refractivity contribution in [3.8, 4) is 0 Å². The van der Waals surface area contributed by atoms with E-state index in [-0.39, 0.29) is 5.82 Å². The van der Waals surface area contributed by atoms with Gasteiger partial charge in [0.1, 0.15) is 5.82 Å². The number of nitrogens with two attached hydrogens (primary N) is 1. The average Bonchev–Trinajstić information content (AvgIpc) is 2.89. The first-order chi connectivity index (χ1) is 8.61. The first-order valence-corrected chi connectivity index (χ1v) is 6.89. The molecule has 2 aliphatic carbocycles. The Morgan fingerprint density at radius 2 is 2.11 bits per heavy atom. The Morgan fingerprint density at radius 1 is 1.28 bits per heavy atom. The first-order valence-electron chi connectivity index (χ1n) is 6.89. The zero-order valence-electron chi connectivity index (χ0n) is 10.9. The van der Waals surface area contributed by atoms with Crippen molar-refractivity contribution in [1.82, 2.24) is 0 Å². The van der Waals surface area contributed by atoms with Crippen LogP contribution in [0.25, 0.3) is 0 Å². The minimum atomic E-state index is -0.246. The molecule has 3 unspecified atom stereocenters. The normalized spacial score (nSPS) is 29.8. The van der Waals surface area contributed by atoms with Crippen LogP contribution in [0.3, 0.4) is 0 Å². The summed E-state index contributed by atoms with van der Waals surface area (Å²) >= 11 is 0. The number of rotatable bonds is 3. The SMILES string of the molecule is CN(CC1CC2CCC1C2)c1cc(N)cc(F)c1. The van der Waals surface area contributed by atoms with Crippen LogP contribution in [0.1, 0.15) is 25.7 Å². The predicted octanol–water partition coefficient (Wildman–Crippen LogP) is 3.28. The Labute approximate surface area is 108 Å². The van der Waals surface area contributed by atoms with Gasteiger partial charge in [0.2, 0.25) is 0 Å². The molecule has 98 valence electrons. The molecule has 0 saturated heterocycles. The van der Waals surface area contributed by atoms with Gasteiger partial charge in [-0.2, -0.15) is 0 Å². The molecule has 2 aliphatic rings. The number of halogens is 1. The molecule has 0 aliphatic heterocycles. The van der Waals surface area contributed by atoms with Crippen molar-refractivity contribution in [3.63, 3.8) is 0 Å². The molecule has 1 aromatic rings. The molecule has 3 rings (SSSR count). The van der Waals surface area contributed by atoms with E-state index in [1.54, 1.807) is 6.07 Å². The lowest BCUT2D eigenvalue weighted by molar-refractivity contribution is 0.337. The lowest BCUT2D eigenvalue weighted by Crippen LogP contribution is -2.28. The number of nitrogen functional groups attached to an aromatic ring is 1. The van der Waals surface area contributed by atoms with Crippen LogP contribution in [0.2, 0.25) is 0 Å². The van der Waals surface area contributed by atoms with Crippen molar-refractivity contribution in [1.29, 1.82) is 0 Å². The van der Waals surface area contributed by atoms with Gasteiger partial charge in [-0.05, 0) is 55.2 Å². The minimum Gasteiger partial charge on any atom is -0.399 e. The van der Waals surface area contributed by atoms with E-state index in [1.165, 1.54) is 31.7 Å². The highest BCUT2D eigenvalue weighted by Gasteiger charge is 2.39. The molecular weight excluding hydrogens is 227 g/mol. The van der Waals surface area contributed by atoms with Gasteiger partial charge in [-0.1, -0.05) is 6.42 Å². The fourth-order valence-corrected chi connectivity index (χ4v) is 3.87. The lowest BCUT2D eigenvalue weighted by Gasteiger charge is -2.28. The van der Waals surface area contributed by atoms with Crippen molar-refractivity contribution < 1.29 is 4.39 Å². The van der Waals surface area contributed by atoms with Crippen LogP contribution in [0.4, 0.5) is 15.8 Å². The molecule has 2 nitrogen and oxygen atoms in total. The van der Waals surface area contributed by atoms with Gasteiger partial charge >= 0.3 is 0 Å². The molecule has 3 heteroatoms. The number of fused-ring (bicyclic) bond motifs is 2. The summed E-state index contributed by atoms with van der Waals surface area (Å²) in [5, 5.41) is 0. The molecule has 0 spiro atoms. The number of anilines is 2. The first kappa shape index (κ1) is 11.8. The number of hydrogen-bond donors (Lipinski definition) is 1. The van der Waals surface area contributed by atoms with E-state index in [1.807, 2.05) is 13.1 Å². The molecule has 0 aromatic heterocycles. The van der Waals surface area contributed by atoms with Gasteiger partial charge in [0.15, 0.2) is 0 Å². The van der Waals surface area contributed by atoms with Crippen LogP contribution < -0.4 is 10.6 Å². The fourth-order valence-electron chi connectivity index (χ4n) is 3.87. The van der Waals surface area contributed by atoms with Gasteiger partial charge in [0.25, 0.3) is 0 Å². The lowest BCUT2D eigenvalue weighted by atomic mass is 9.88. The van der Waals surface area contributed by atoms with Crippen LogP contribution in [0.5, 0.6) is 0 Å². The van der Waals surface area contributed by atoms with E-state index in [9.17, 15) is 4.39 Å². The van der Waals surface area contributed by atoms with Crippen LogP contribution in [0, 0.1) is 23.6 Å². The maximum absolute atomic E-state index is 13.3. The van der Waals surface area contributed by atoms with Crippen molar-refractivity contribution in [3.05, 3.63) is 24.0 Å². The molecule has 2 N–H and O–H groups in total. The highest BCUT2D eigenvalue weighted by molar-refractivity contribution is 5.56. The van der Waals surface area contributed by atoms with Crippen LogP contribution >= 0.6 is 0 Å². The summed E-state index contributed by atoms with van der Waals surface area (Å²) in [6, 6.07) is 4.80. The van der Waals surface area contributed by atoms with Crippen LogP contribution in [-0.2, 0) is 0 Å². The van der Waals surface area contributed by atoms with E-state index in [0.29, 0.717) is 5.69 Å². The second-order valence-corrected chi connectivity index (χ2v) is 6.06. The molecule has 0 radical (unpaired) electrons. The highest BCUT2D eigenvalue weighted by Crippen LogP contribution is 2.48. The van der Waals surface area contributed by atoms with E-state index < -0.39 is 0 Å². The van der Waals surface area contributed by atoms with E-state index in [4.69, 9.17) is 5.73 Å². The summed E-state index contributed by atoms with van der Waals surface area (Å²) in [6.07, 6.45) is 5.61. The second-order valence-electron chi connectivity index (χ2n) is 6.06. The quantitative estimate of drug-likeness (QED) is 0.832. The topological polar surface area (TPSA) is 29.3 Å². The third kappa shape index (κ3) is 2.18. The second kappa shape index (κ2) is 4.45. The summed E-state index contributed by atoms with van der Waals surface area (Å²) in [5.74, 6) is 2.41. The zero-order chi connectivity index (χ0) is 12.7. The van der Waals surface area contributed by atoms with E-state index in [0.717, 1.165) is 30.0 Å². The van der Waals surface area contributed by atoms with Crippen molar-refractivity contribution in [2.75, 3.05) is 24.2 Å². The number of hydrogen-bond acceptors (Lipinski definition) is 2. The van der Waals surface area contributed by atoms with Crippen molar-refractivity contribution in [2.45, 2.75) is 25.7 Å². The maximum Gasteiger partial charge on any atom is 0.127 e. The largest absolute Gasteiger partial charge is 0.399 e. The summed E-state index contributed by atoms with van der Waals surface area (Å²) in [4.78, 5) is 2.16. The maximum atomic E-state index is 13.3. The summed E-state index contributed by atoms with van der Waals surface area (Å²) < 4.78 is 13.3. The third-order valence-electron chi connectivity index (χ3n) is 4.74. The summed E-state index contributed by atoms with van der Waals surface area (Å²) in [5.41, 5.74) is 7.10. The van der Waals surface area contributed by atoms with Crippen molar-refractivity contribution in [2.24, 2.45) is 17.8 Å². The van der Waals surface area contributed by atoms with E-state index >= 15 is 0 Å². The minimum absolute atomic E-state index is 0.246. The fraction of sp³-hybridized carbons (Fsp3) is 0.600. The predicted molar refractivity (Wildman–Crippen MR) is 73.0 cm³/mol. The van der Waals surface area contributed by atoms with Gasteiger partial charge < -0.3 is 10.6 Å². The molecular formula is C15H21FN2. The van der Waals surface area contributed by atoms with E-state index in [2.05, 4.69) is 4.90 Å². The average molecular weight is 248 g/mol. The smallest absolute Gasteiger partial charge is 0.127 e. The molecule has 0 amide bonds. The molecule has 18 heavy (non-hydrogen) atoms. The van der Waals surface area contributed by atoms with Gasteiger partial charge in [-0.3, -0.25) is 0 Å². The van der Waals surface area contributed by atoms with Gasteiger partial charge in [0, 0.05) is 25.0 Å². The molecule has 3 atom stereocenters. The Balaban J connectivity index is 1.69. The Morgan fingerprint density at radius 3 is 2.72 bits per heavy atom. The zero-order valence-corrected chi connectivity index (χ0v) is 10.9. The highest BCUT2D eigenvalue weighted by atomic mass is 19.1. The number of nitrogens with zero attached hydrogens (tertiary/aromatic N) is 1. The molecule has 1 aromatic carbocycles. The summed E-state index contributed by atoms with van der Waals surface area (Å²) in [7, 11) is 2.04. The van der Waals surface area contributed by atoms with Crippen molar-refractivity contribution >= 4 is 11.4 Å². The van der Waals surface area contributed by atoms with Gasteiger partial charge in [-0.15, -0.1) is 0 Å². The monoisotopic (exact) mass is 248 g/mol. The summed E-state index contributed by atoms with van der Waals surface area (Å²) in [6.45, 7) is 1.03. The van der Waals surface area contributed by atoms with Gasteiger partial charge in [0.05, 0.1) is 0 Å². The standard InChI is InChI=1S/C15H21FN2/c1-18(15-7-13(16)6-14(17)8-15)9-12-5-10-2-3-11(12)4-10/h6-8,10-12H,2-5,9,17H2,1H3. The molecule has 2 saturated carbocycles. The third-order valence-corrected chi connectivity index (χ3v) is 4.74. The van der Waals surface area contributed by atoms with Gasteiger partial charge in [-0.25, -0.2) is 4.39 Å². The molecule has 0 heterocycles.